The number of rotatable bonds is 4. The zero-order chi connectivity index (χ0) is 13.0. The van der Waals surface area contributed by atoms with Crippen LogP contribution in [0.15, 0.2) is 46.9 Å². The van der Waals surface area contributed by atoms with E-state index in [1.54, 1.807) is 18.2 Å². The number of carbonyl (C=O) groups is 1. The van der Waals surface area contributed by atoms with Crippen LogP contribution in [0.5, 0.6) is 5.75 Å². The van der Waals surface area contributed by atoms with Crippen LogP contribution in [0.3, 0.4) is 0 Å². The number of halogens is 2. The molecule has 4 heteroatoms. The number of aldehydes is 1. The molecule has 0 saturated heterocycles. The molecule has 0 aliphatic heterocycles. The van der Waals surface area contributed by atoms with E-state index in [1.165, 1.54) is 0 Å². The Morgan fingerprint density at radius 2 is 2.00 bits per heavy atom. The highest BCUT2D eigenvalue weighted by Gasteiger charge is 2.03. The zero-order valence-corrected chi connectivity index (χ0v) is 11.7. The van der Waals surface area contributed by atoms with Gasteiger partial charge < -0.3 is 4.74 Å². The Bertz CT molecular complexity index is 569. The van der Waals surface area contributed by atoms with Crippen molar-refractivity contribution in [2.24, 2.45) is 0 Å². The second-order valence-corrected chi connectivity index (χ2v) is 4.94. The van der Waals surface area contributed by atoms with E-state index < -0.39 is 0 Å². The maximum Gasteiger partial charge on any atom is 0.151 e. The predicted octanol–water partition coefficient (Wildman–Crippen LogP) is 4.49. The summed E-state index contributed by atoms with van der Waals surface area (Å²) in [4.78, 5) is 10.8. The smallest absolute Gasteiger partial charge is 0.151 e. The van der Waals surface area contributed by atoms with Gasteiger partial charge in [-0.1, -0.05) is 45.7 Å². The molecule has 0 saturated carbocycles. The van der Waals surface area contributed by atoms with E-state index in [1.807, 2.05) is 24.3 Å². The summed E-state index contributed by atoms with van der Waals surface area (Å²) in [5.74, 6) is 0.639. The van der Waals surface area contributed by atoms with Crippen LogP contribution in [-0.4, -0.2) is 6.29 Å². The first-order valence-corrected chi connectivity index (χ1v) is 6.49. The van der Waals surface area contributed by atoms with Gasteiger partial charge in [-0.3, -0.25) is 4.79 Å². The highest BCUT2D eigenvalue weighted by molar-refractivity contribution is 9.10. The lowest BCUT2D eigenvalue weighted by atomic mass is 10.2. The van der Waals surface area contributed by atoms with E-state index in [-0.39, 0.29) is 0 Å². The molecule has 0 amide bonds. The van der Waals surface area contributed by atoms with Gasteiger partial charge in [0.1, 0.15) is 12.4 Å². The molecule has 0 radical (unpaired) electrons. The van der Waals surface area contributed by atoms with Crippen molar-refractivity contribution in [1.29, 1.82) is 0 Å². The van der Waals surface area contributed by atoms with Gasteiger partial charge in [-0.2, -0.15) is 0 Å². The summed E-state index contributed by atoms with van der Waals surface area (Å²) in [7, 11) is 0. The van der Waals surface area contributed by atoms with E-state index in [9.17, 15) is 4.79 Å². The maximum absolute atomic E-state index is 10.8. The van der Waals surface area contributed by atoms with Gasteiger partial charge in [-0.05, 0) is 24.3 Å². The lowest BCUT2D eigenvalue weighted by molar-refractivity contribution is 0.112. The van der Waals surface area contributed by atoms with Crippen LogP contribution in [0, 0.1) is 0 Å². The zero-order valence-electron chi connectivity index (χ0n) is 9.40. The second-order valence-electron chi connectivity index (χ2n) is 3.68. The molecule has 0 aliphatic rings. The van der Waals surface area contributed by atoms with Crippen LogP contribution in [0.2, 0.25) is 5.02 Å². The molecule has 0 N–H and O–H groups in total. The van der Waals surface area contributed by atoms with Crippen molar-refractivity contribution in [3.63, 3.8) is 0 Å². The highest BCUT2D eigenvalue weighted by Crippen LogP contribution is 2.23. The quantitative estimate of drug-likeness (QED) is 0.774. The SMILES string of the molecule is O=Cc1cc(OCc2ccccc2Cl)ccc1Br. The van der Waals surface area contributed by atoms with Crippen molar-refractivity contribution in [3.8, 4) is 5.75 Å². The Labute approximate surface area is 119 Å². The Balaban J connectivity index is 2.11. The molecular formula is C14H10BrClO2. The second kappa shape index (κ2) is 6.03. The molecule has 0 aromatic heterocycles. The highest BCUT2D eigenvalue weighted by atomic mass is 79.9. The van der Waals surface area contributed by atoms with Crippen molar-refractivity contribution in [2.45, 2.75) is 6.61 Å². The van der Waals surface area contributed by atoms with Gasteiger partial charge in [0.15, 0.2) is 6.29 Å². The lowest BCUT2D eigenvalue weighted by Gasteiger charge is -2.08. The minimum atomic E-state index is 0.375. The van der Waals surface area contributed by atoms with Crippen LogP contribution in [0.25, 0.3) is 0 Å². The molecule has 0 heterocycles. The molecule has 2 aromatic rings. The van der Waals surface area contributed by atoms with Gasteiger partial charge in [0, 0.05) is 20.6 Å². The third-order valence-electron chi connectivity index (χ3n) is 2.45. The molecule has 0 spiro atoms. The number of benzene rings is 2. The summed E-state index contributed by atoms with van der Waals surface area (Å²) < 4.78 is 6.36. The van der Waals surface area contributed by atoms with E-state index in [4.69, 9.17) is 16.3 Å². The van der Waals surface area contributed by atoms with Gasteiger partial charge in [0.05, 0.1) is 0 Å². The van der Waals surface area contributed by atoms with Gasteiger partial charge in [-0.25, -0.2) is 0 Å². The van der Waals surface area contributed by atoms with E-state index >= 15 is 0 Å². The number of ether oxygens (including phenoxy) is 1. The maximum atomic E-state index is 10.8. The van der Waals surface area contributed by atoms with Gasteiger partial charge >= 0.3 is 0 Å². The van der Waals surface area contributed by atoms with Crippen LogP contribution >= 0.6 is 27.5 Å². The van der Waals surface area contributed by atoms with Crippen LogP contribution in [-0.2, 0) is 6.61 Å². The first-order chi connectivity index (χ1) is 8.70. The molecule has 92 valence electrons. The third-order valence-corrected chi connectivity index (χ3v) is 3.54. The normalized spacial score (nSPS) is 10.1. The topological polar surface area (TPSA) is 26.3 Å². The summed E-state index contributed by atoms with van der Waals surface area (Å²) in [6.45, 7) is 0.375. The number of carbonyl (C=O) groups excluding carboxylic acids is 1. The third kappa shape index (κ3) is 3.12. The molecule has 0 atom stereocenters. The van der Waals surface area contributed by atoms with E-state index in [0.717, 1.165) is 16.3 Å². The molecule has 0 bridgehead atoms. The fraction of sp³-hybridized carbons (Fsp3) is 0.0714. The van der Waals surface area contributed by atoms with Crippen molar-refractivity contribution < 1.29 is 9.53 Å². The number of hydrogen-bond acceptors (Lipinski definition) is 2. The molecular weight excluding hydrogens is 316 g/mol. The minimum Gasteiger partial charge on any atom is -0.489 e. The summed E-state index contributed by atoms with van der Waals surface area (Å²) in [6, 6.07) is 12.8. The lowest BCUT2D eigenvalue weighted by Crippen LogP contribution is -1.97. The fourth-order valence-corrected chi connectivity index (χ4v) is 2.01. The molecule has 2 nitrogen and oxygen atoms in total. The molecule has 18 heavy (non-hydrogen) atoms. The first-order valence-electron chi connectivity index (χ1n) is 5.31. The number of hydrogen-bond donors (Lipinski definition) is 0. The average molecular weight is 326 g/mol. The van der Waals surface area contributed by atoms with Crippen molar-refractivity contribution >= 4 is 33.8 Å². The summed E-state index contributed by atoms with van der Waals surface area (Å²) in [6.07, 6.45) is 0.784. The summed E-state index contributed by atoms with van der Waals surface area (Å²) in [5.41, 5.74) is 1.47. The standard InChI is InChI=1S/C14H10BrClO2/c15-13-6-5-12(7-11(13)8-17)18-9-10-3-1-2-4-14(10)16/h1-8H,9H2. The van der Waals surface area contributed by atoms with Crippen LogP contribution < -0.4 is 4.74 Å². The Morgan fingerprint density at radius 1 is 1.22 bits per heavy atom. The average Bonchev–Trinajstić information content (AvgIpc) is 2.39. The predicted molar refractivity (Wildman–Crippen MR) is 75.3 cm³/mol. The molecule has 2 rings (SSSR count). The molecule has 0 unspecified atom stereocenters. The van der Waals surface area contributed by atoms with Gasteiger partial charge in [0.25, 0.3) is 0 Å². The largest absolute Gasteiger partial charge is 0.489 e. The minimum absolute atomic E-state index is 0.375. The van der Waals surface area contributed by atoms with Crippen molar-refractivity contribution in [1.82, 2.24) is 0 Å². The van der Waals surface area contributed by atoms with E-state index in [2.05, 4.69) is 15.9 Å². The summed E-state index contributed by atoms with van der Waals surface area (Å²) in [5, 5.41) is 0.672. The van der Waals surface area contributed by atoms with Crippen LogP contribution in [0.1, 0.15) is 15.9 Å². The summed E-state index contributed by atoms with van der Waals surface area (Å²) >= 11 is 9.32. The van der Waals surface area contributed by atoms with Gasteiger partial charge in [0.2, 0.25) is 0 Å². The molecule has 0 aliphatic carbocycles. The van der Waals surface area contributed by atoms with E-state index in [0.29, 0.717) is 22.9 Å². The molecule has 0 fully saturated rings. The first kappa shape index (κ1) is 13.1. The Morgan fingerprint density at radius 3 is 2.72 bits per heavy atom. The van der Waals surface area contributed by atoms with Gasteiger partial charge in [-0.15, -0.1) is 0 Å². The monoisotopic (exact) mass is 324 g/mol. The van der Waals surface area contributed by atoms with Crippen molar-refractivity contribution in [2.75, 3.05) is 0 Å². The Hall–Kier alpha value is -1.32. The van der Waals surface area contributed by atoms with Crippen LogP contribution in [0.4, 0.5) is 0 Å². The fourth-order valence-electron chi connectivity index (χ4n) is 1.48. The van der Waals surface area contributed by atoms with Crippen molar-refractivity contribution in [3.05, 3.63) is 63.1 Å². The molecule has 2 aromatic carbocycles. The Kier molecular flexibility index (Phi) is 4.39.